The van der Waals surface area contributed by atoms with Crippen molar-refractivity contribution in [2.24, 2.45) is 0 Å². The third-order valence-electron chi connectivity index (χ3n) is 20.2. The number of methoxy groups -OCH3 is 6. The molecule has 0 aromatic heterocycles. The van der Waals surface area contributed by atoms with Gasteiger partial charge < -0.3 is 50.1 Å². The van der Waals surface area contributed by atoms with Gasteiger partial charge in [-0.05, 0) is 164 Å². The highest BCUT2D eigenvalue weighted by molar-refractivity contribution is 6.34. The molecule has 4 aliphatic heterocycles. The van der Waals surface area contributed by atoms with Crippen molar-refractivity contribution in [2.45, 2.75) is 107 Å². The predicted molar refractivity (Wildman–Crippen MR) is 435 cm³/mol. The van der Waals surface area contributed by atoms with Gasteiger partial charge in [0.05, 0.1) is 97.6 Å². The van der Waals surface area contributed by atoms with Gasteiger partial charge in [0.1, 0.15) is 50.9 Å². The number of imide groups is 2. The monoisotopic (exact) mass is 1570 g/mol. The lowest BCUT2D eigenvalue weighted by Crippen LogP contribution is -2.29. The first-order chi connectivity index (χ1) is 54.6. The summed E-state index contributed by atoms with van der Waals surface area (Å²) >= 11 is 5.58. The average molecular weight is 1570 g/mol. The minimum Gasteiger partial charge on any atom is -0.497 e. The van der Waals surface area contributed by atoms with Crippen LogP contribution < -0.4 is 55.4 Å². The molecule has 28 heteroatoms. The fourth-order valence-corrected chi connectivity index (χ4v) is 14.3. The number of amides is 4. The van der Waals surface area contributed by atoms with E-state index in [2.05, 4.69) is 102 Å². The van der Waals surface area contributed by atoms with Crippen molar-refractivity contribution < 1.29 is 62.4 Å². The summed E-state index contributed by atoms with van der Waals surface area (Å²) < 4.78 is 32.1. The van der Waals surface area contributed by atoms with Crippen molar-refractivity contribution in [3.8, 4) is 34.5 Å². The fraction of sp³-hybridized carbons (Fsp3) is 0.256. The number of hydrogen-bond acceptors (Lipinski definition) is 22. The van der Waals surface area contributed by atoms with E-state index in [9.17, 15) is 49.5 Å². The minimum absolute atomic E-state index is 0.0175. The van der Waals surface area contributed by atoms with Crippen LogP contribution in [0.3, 0.4) is 0 Å². The second-order valence-corrected chi connectivity index (χ2v) is 28.4. The van der Waals surface area contributed by atoms with Crippen LogP contribution in [0.5, 0.6) is 34.5 Å². The van der Waals surface area contributed by atoms with Crippen molar-refractivity contribution in [3.63, 3.8) is 0 Å². The number of halogens is 1. The number of ether oxygens (including phenoxy) is 6. The normalized spacial score (nSPS) is 13.0. The molecule has 0 aliphatic carbocycles. The molecule has 0 atom stereocenters. The Balaban J connectivity index is 0.000000155. The number of nitro benzene ring substituents is 3. The van der Waals surface area contributed by atoms with Gasteiger partial charge in [0.2, 0.25) is 0 Å². The average Bonchev–Trinajstić information content (AvgIpc) is 1.63. The molecule has 27 nitrogen and oxygen atoms in total. The maximum Gasteiger partial charge on any atom is 0.293 e. The molecule has 0 fully saturated rings. The van der Waals surface area contributed by atoms with Crippen molar-refractivity contribution in [1.82, 2.24) is 20.0 Å². The molecule has 4 heterocycles. The van der Waals surface area contributed by atoms with Gasteiger partial charge in [-0.15, -0.1) is 0 Å². The topological polar surface area (TPSA) is 337 Å². The molecule has 0 radical (unpaired) electrons. The third-order valence-corrected chi connectivity index (χ3v) is 20.5. The highest BCUT2D eigenvalue weighted by Crippen LogP contribution is 2.40. The Morgan fingerprint density at radius 3 is 1.14 bits per heavy atom. The van der Waals surface area contributed by atoms with Crippen molar-refractivity contribution >= 4 is 75.0 Å². The van der Waals surface area contributed by atoms with E-state index in [4.69, 9.17) is 45.8 Å². The van der Waals surface area contributed by atoms with Crippen LogP contribution in [0, 0.1) is 71.9 Å². The number of nitrogens with zero attached hydrogens (tertiary/aromatic N) is 6. The van der Waals surface area contributed by atoms with Crippen LogP contribution in [0.25, 0.3) is 0 Å². The smallest absolute Gasteiger partial charge is 0.293 e. The zero-order valence-electron chi connectivity index (χ0n) is 65.3. The Labute approximate surface area is 664 Å². The number of anilines is 4. The van der Waals surface area contributed by atoms with Gasteiger partial charge in [-0.2, -0.15) is 0 Å². The summed E-state index contributed by atoms with van der Waals surface area (Å²) in [7, 11) is 9.59. The van der Waals surface area contributed by atoms with Gasteiger partial charge in [0.25, 0.3) is 40.7 Å². The van der Waals surface area contributed by atoms with Gasteiger partial charge in [0, 0.05) is 112 Å². The maximum absolute atomic E-state index is 13.1. The summed E-state index contributed by atoms with van der Waals surface area (Å²) in [5.74, 6) is 1.85. The van der Waals surface area contributed by atoms with Crippen LogP contribution in [0.4, 0.5) is 39.8 Å². The number of nitro groups is 3. The molecule has 0 saturated heterocycles. The third kappa shape index (κ3) is 18.9. The van der Waals surface area contributed by atoms with E-state index in [1.54, 1.807) is 65.9 Å². The Morgan fingerprint density at radius 2 is 0.737 bits per heavy atom. The Hall–Kier alpha value is -13.1. The molecule has 114 heavy (non-hydrogen) atoms. The van der Waals surface area contributed by atoms with E-state index in [1.165, 1.54) is 63.8 Å². The van der Waals surface area contributed by atoms with Crippen LogP contribution in [0.15, 0.2) is 158 Å². The quantitative estimate of drug-likeness (QED) is 0.0162. The summed E-state index contributed by atoms with van der Waals surface area (Å²) in [6, 6.07) is 48.2. The molecule has 0 unspecified atom stereocenters. The number of carbonyl (C=O) groups excluding carboxylic acids is 4. The molecule has 10 aromatic rings. The van der Waals surface area contributed by atoms with E-state index in [-0.39, 0.29) is 68.0 Å². The van der Waals surface area contributed by atoms with E-state index in [1.807, 2.05) is 73.8 Å². The fourth-order valence-electron chi connectivity index (χ4n) is 14.1. The molecule has 14 rings (SSSR count). The number of nitrogens with one attached hydrogen (secondary N) is 4. The van der Waals surface area contributed by atoms with Gasteiger partial charge in [-0.1, -0.05) is 82.9 Å². The Morgan fingerprint density at radius 1 is 0.395 bits per heavy atom. The van der Waals surface area contributed by atoms with Crippen molar-refractivity contribution in [1.29, 1.82) is 0 Å². The number of aryl methyl sites for hydroxylation is 6. The number of fused-ring (bicyclic) bond motifs is 4. The van der Waals surface area contributed by atoms with Crippen LogP contribution in [0.2, 0.25) is 5.02 Å². The molecular formula is C86H88ClN11O16. The largest absolute Gasteiger partial charge is 0.497 e. The first kappa shape index (κ1) is 81.9. The Kier molecular flexibility index (Phi) is 25.8. The van der Waals surface area contributed by atoms with Crippen molar-refractivity contribution in [2.75, 3.05) is 64.3 Å². The number of rotatable bonds is 24. The molecule has 6 N–H and O–H groups in total. The molecule has 0 spiro atoms. The zero-order valence-corrected chi connectivity index (χ0v) is 66.0. The first-order valence-corrected chi connectivity index (χ1v) is 36.7. The first-order valence-electron chi connectivity index (χ1n) is 36.3. The SMILES string of the molecule is COc1ccc(CNc2cc3c(cc2N)CN(Cc2ccc(C)cc2C)C3)c(OC)c1.COc1ccc(CNc2cc3c(cc2[N+](=O)[O-])C(=O)N(Cc2ccc(C)cc2C)C3=O)c(OC)c1.COc1ccc(CNc2cc3c(cc2[N+](=O)[O-])CN(Cc2ccc(C)cc2C)C3)c(OC)c1.O=C1NC(=O)c2cc([N+](=O)[O-])c(Cl)cc21. The van der Waals surface area contributed by atoms with Crippen LogP contribution in [0.1, 0.15) is 130 Å². The zero-order chi connectivity index (χ0) is 81.9. The van der Waals surface area contributed by atoms with E-state index in [0.29, 0.717) is 48.3 Å². The predicted octanol–water partition coefficient (Wildman–Crippen LogP) is 16.2. The number of nitrogens with two attached hydrogens (primary N) is 1. The van der Waals surface area contributed by atoms with Crippen LogP contribution in [-0.4, -0.2) is 95.8 Å². The van der Waals surface area contributed by atoms with E-state index in [0.717, 1.165) is 117 Å². The summed E-state index contributed by atoms with van der Waals surface area (Å²) in [4.78, 5) is 86.9. The van der Waals surface area contributed by atoms with Gasteiger partial charge in [0.15, 0.2) is 0 Å². The minimum atomic E-state index is -0.710. The van der Waals surface area contributed by atoms with Crippen LogP contribution in [-0.2, 0) is 65.4 Å². The standard InChI is InChI=1S/C26H25N3O6.C26H29N3O4.C26H31N3O2.C8H3ClN2O4/c1-15-5-6-18(16(2)9-15)14-28-25(30)20-11-22(23(29(32)33)12-21(20)26(28)31)27-13-17-7-8-19(34-3)10-24(17)35-4;1-17-5-6-20(18(2)9-17)14-28-15-21-10-24(25(29(30)31)11-22(21)16-28)27-13-19-7-8-23(32-3)12-26(19)33-4;1-17-5-6-20(18(2)9-17)14-29-15-21-10-24(27)25(11-22(21)16-29)28-13-19-7-8-23(30-3)12-26(19)31-4;9-5-1-3-4(2-6(5)11(14)15)8(13)10-7(3)12/h5-12,27H,13-14H2,1-4H3;5-12,27H,13-16H2,1-4H3;5-12,28H,13-16,27H2,1-4H3;1-2H,(H,10,12,13). The Bertz CT molecular complexity index is 5440. The second kappa shape index (κ2) is 35.9. The second-order valence-electron chi connectivity index (χ2n) is 28.0. The molecule has 590 valence electrons. The molecular weight excluding hydrogens is 1480 g/mol. The number of benzene rings is 10. The molecule has 4 amide bonds. The van der Waals surface area contributed by atoms with Gasteiger partial charge in [-0.3, -0.25) is 69.5 Å². The van der Waals surface area contributed by atoms with E-state index < -0.39 is 33.5 Å². The van der Waals surface area contributed by atoms with Gasteiger partial charge in [-0.25, -0.2) is 0 Å². The maximum atomic E-state index is 13.1. The molecule has 0 saturated carbocycles. The molecule has 4 aliphatic rings. The highest BCUT2D eigenvalue weighted by Gasteiger charge is 2.39. The van der Waals surface area contributed by atoms with Gasteiger partial charge >= 0.3 is 0 Å². The van der Waals surface area contributed by atoms with E-state index >= 15 is 0 Å². The number of nitrogen functional groups attached to an aromatic ring is 1. The molecule has 0 bridgehead atoms. The summed E-state index contributed by atoms with van der Waals surface area (Å²) in [5, 5.41) is 45.7. The lowest BCUT2D eigenvalue weighted by Gasteiger charge is -2.16. The number of hydrogen-bond donors (Lipinski definition) is 5. The number of carbonyl (C=O) groups is 4. The summed E-state index contributed by atoms with van der Waals surface area (Å²) in [6.45, 7) is 18.9. The highest BCUT2D eigenvalue weighted by atomic mass is 35.5. The van der Waals surface area contributed by atoms with Crippen LogP contribution >= 0.6 is 11.6 Å². The lowest BCUT2D eigenvalue weighted by atomic mass is 10.1. The molecule has 10 aromatic carbocycles. The lowest BCUT2D eigenvalue weighted by molar-refractivity contribution is -0.384. The summed E-state index contributed by atoms with van der Waals surface area (Å²) in [5.41, 5.74) is 26.6. The van der Waals surface area contributed by atoms with Crippen molar-refractivity contribution in [3.05, 3.63) is 304 Å². The summed E-state index contributed by atoms with van der Waals surface area (Å²) in [6.07, 6.45) is 0.